The van der Waals surface area contributed by atoms with Crippen molar-refractivity contribution in [1.82, 2.24) is 20.2 Å². The molecule has 1 amide bonds. The van der Waals surface area contributed by atoms with Crippen LogP contribution >= 0.6 is 0 Å². The van der Waals surface area contributed by atoms with Crippen LogP contribution in [0.5, 0.6) is 0 Å². The van der Waals surface area contributed by atoms with Gasteiger partial charge in [-0.1, -0.05) is 30.3 Å². The van der Waals surface area contributed by atoms with Crippen LogP contribution in [0.3, 0.4) is 0 Å². The molecular formula is C18H25N5O. The van der Waals surface area contributed by atoms with E-state index in [-0.39, 0.29) is 5.91 Å². The van der Waals surface area contributed by atoms with Crippen LogP contribution < -0.4 is 10.6 Å². The second-order valence-electron chi connectivity index (χ2n) is 5.87. The fraction of sp³-hybridized carbons (Fsp3) is 0.389. The monoisotopic (exact) mass is 327 g/mol. The zero-order valence-electron chi connectivity index (χ0n) is 14.3. The summed E-state index contributed by atoms with van der Waals surface area (Å²) in [5.41, 5.74) is 1.67. The van der Waals surface area contributed by atoms with E-state index in [2.05, 4.69) is 25.5 Å². The molecule has 0 aliphatic carbocycles. The van der Waals surface area contributed by atoms with E-state index in [0.29, 0.717) is 18.1 Å². The SMILES string of the molecule is CN(C)CCCNc1ncc(C(=O)NCCc2ccccc2)cn1. The Bertz CT molecular complexity index is 613. The molecule has 128 valence electrons. The molecule has 6 nitrogen and oxygen atoms in total. The first-order valence-electron chi connectivity index (χ1n) is 8.18. The van der Waals surface area contributed by atoms with Gasteiger partial charge < -0.3 is 15.5 Å². The second kappa shape index (κ2) is 9.62. The van der Waals surface area contributed by atoms with Crippen molar-refractivity contribution in [2.45, 2.75) is 12.8 Å². The number of carbonyl (C=O) groups is 1. The molecule has 24 heavy (non-hydrogen) atoms. The summed E-state index contributed by atoms with van der Waals surface area (Å²) in [7, 11) is 4.09. The fourth-order valence-corrected chi connectivity index (χ4v) is 2.20. The van der Waals surface area contributed by atoms with Gasteiger partial charge in [0.15, 0.2) is 0 Å². The van der Waals surface area contributed by atoms with Gasteiger partial charge in [0, 0.05) is 25.5 Å². The predicted molar refractivity (Wildman–Crippen MR) is 96.2 cm³/mol. The molecule has 2 N–H and O–H groups in total. The van der Waals surface area contributed by atoms with Crippen LogP contribution in [-0.2, 0) is 6.42 Å². The Morgan fingerprint density at radius 2 is 1.79 bits per heavy atom. The fourth-order valence-electron chi connectivity index (χ4n) is 2.20. The summed E-state index contributed by atoms with van der Waals surface area (Å²) in [5.74, 6) is 0.402. The zero-order valence-corrected chi connectivity index (χ0v) is 14.3. The Kier molecular flexibility index (Phi) is 7.17. The van der Waals surface area contributed by atoms with E-state index in [1.165, 1.54) is 5.56 Å². The molecule has 0 aliphatic rings. The van der Waals surface area contributed by atoms with Crippen molar-refractivity contribution in [1.29, 1.82) is 0 Å². The van der Waals surface area contributed by atoms with E-state index in [0.717, 1.165) is 25.9 Å². The van der Waals surface area contributed by atoms with Crippen LogP contribution in [0.25, 0.3) is 0 Å². The van der Waals surface area contributed by atoms with Crippen LogP contribution in [0.2, 0.25) is 0 Å². The van der Waals surface area contributed by atoms with Crippen molar-refractivity contribution in [3.63, 3.8) is 0 Å². The topological polar surface area (TPSA) is 70.2 Å². The van der Waals surface area contributed by atoms with Gasteiger partial charge in [-0.05, 0) is 39.0 Å². The minimum absolute atomic E-state index is 0.148. The molecule has 0 bridgehead atoms. The van der Waals surface area contributed by atoms with E-state index >= 15 is 0 Å². The van der Waals surface area contributed by atoms with Crippen LogP contribution in [-0.4, -0.2) is 54.5 Å². The third-order valence-corrected chi connectivity index (χ3v) is 3.52. The first-order valence-corrected chi connectivity index (χ1v) is 8.18. The molecule has 6 heteroatoms. The number of rotatable bonds is 9. The minimum atomic E-state index is -0.148. The number of hydrogen-bond acceptors (Lipinski definition) is 5. The molecular weight excluding hydrogens is 302 g/mol. The highest BCUT2D eigenvalue weighted by Gasteiger charge is 2.06. The minimum Gasteiger partial charge on any atom is -0.354 e. The second-order valence-corrected chi connectivity index (χ2v) is 5.87. The lowest BCUT2D eigenvalue weighted by atomic mass is 10.1. The van der Waals surface area contributed by atoms with E-state index in [9.17, 15) is 4.79 Å². The Morgan fingerprint density at radius 3 is 2.46 bits per heavy atom. The standard InChI is InChI=1S/C18H25N5O/c1-23(2)12-6-10-20-18-21-13-16(14-22-18)17(24)19-11-9-15-7-4-3-5-8-15/h3-5,7-8,13-14H,6,9-12H2,1-2H3,(H,19,24)(H,20,21,22). The quantitative estimate of drug-likeness (QED) is 0.688. The van der Waals surface area contributed by atoms with Gasteiger partial charge in [0.05, 0.1) is 5.56 Å². The summed E-state index contributed by atoms with van der Waals surface area (Å²) in [5, 5.41) is 6.04. The van der Waals surface area contributed by atoms with Gasteiger partial charge in [0.25, 0.3) is 5.91 Å². The smallest absolute Gasteiger partial charge is 0.254 e. The van der Waals surface area contributed by atoms with Crippen molar-refractivity contribution >= 4 is 11.9 Å². The summed E-state index contributed by atoms with van der Waals surface area (Å²) in [4.78, 5) is 22.6. The largest absolute Gasteiger partial charge is 0.354 e. The first kappa shape index (κ1) is 17.9. The van der Waals surface area contributed by atoms with Gasteiger partial charge >= 0.3 is 0 Å². The molecule has 2 aromatic rings. The lowest BCUT2D eigenvalue weighted by molar-refractivity contribution is 0.0953. The Morgan fingerprint density at radius 1 is 1.08 bits per heavy atom. The average Bonchev–Trinajstić information content (AvgIpc) is 2.60. The molecule has 0 aliphatic heterocycles. The van der Waals surface area contributed by atoms with Gasteiger partial charge in [-0.2, -0.15) is 0 Å². The van der Waals surface area contributed by atoms with Crippen molar-refractivity contribution in [2.75, 3.05) is 39.0 Å². The highest BCUT2D eigenvalue weighted by Crippen LogP contribution is 2.02. The third kappa shape index (κ3) is 6.34. The Labute approximate surface area is 143 Å². The molecule has 2 rings (SSSR count). The van der Waals surface area contributed by atoms with Gasteiger partial charge in [-0.25, -0.2) is 9.97 Å². The number of amides is 1. The van der Waals surface area contributed by atoms with Crippen LogP contribution in [0.4, 0.5) is 5.95 Å². The molecule has 1 aromatic heterocycles. The molecule has 0 atom stereocenters. The Hall–Kier alpha value is -2.47. The zero-order chi connectivity index (χ0) is 17.2. The molecule has 0 fully saturated rings. The molecule has 0 saturated heterocycles. The number of nitrogens with one attached hydrogen (secondary N) is 2. The van der Waals surface area contributed by atoms with E-state index < -0.39 is 0 Å². The molecule has 1 heterocycles. The average molecular weight is 327 g/mol. The summed E-state index contributed by atoms with van der Waals surface area (Å²) in [6, 6.07) is 10.1. The maximum Gasteiger partial charge on any atom is 0.254 e. The highest BCUT2D eigenvalue weighted by molar-refractivity contribution is 5.93. The van der Waals surface area contributed by atoms with E-state index in [1.807, 2.05) is 44.4 Å². The van der Waals surface area contributed by atoms with Crippen molar-refractivity contribution in [3.8, 4) is 0 Å². The van der Waals surface area contributed by atoms with Crippen molar-refractivity contribution in [3.05, 3.63) is 53.9 Å². The first-order chi connectivity index (χ1) is 11.6. The number of aromatic nitrogens is 2. The number of anilines is 1. The lowest BCUT2D eigenvalue weighted by Crippen LogP contribution is -2.26. The van der Waals surface area contributed by atoms with Gasteiger partial charge in [-0.3, -0.25) is 4.79 Å². The summed E-state index contributed by atoms with van der Waals surface area (Å²) in [6.07, 6.45) is 4.93. The van der Waals surface area contributed by atoms with Gasteiger partial charge in [0.2, 0.25) is 5.95 Å². The number of carbonyl (C=O) groups excluding carboxylic acids is 1. The van der Waals surface area contributed by atoms with Crippen LogP contribution in [0.1, 0.15) is 22.3 Å². The van der Waals surface area contributed by atoms with Gasteiger partial charge in [-0.15, -0.1) is 0 Å². The normalized spacial score (nSPS) is 10.6. The molecule has 0 unspecified atom stereocenters. The van der Waals surface area contributed by atoms with Crippen molar-refractivity contribution in [2.24, 2.45) is 0 Å². The lowest BCUT2D eigenvalue weighted by Gasteiger charge is -2.10. The number of nitrogens with zero attached hydrogens (tertiary/aromatic N) is 3. The number of hydrogen-bond donors (Lipinski definition) is 2. The molecule has 0 saturated carbocycles. The van der Waals surface area contributed by atoms with Gasteiger partial charge in [0.1, 0.15) is 0 Å². The van der Waals surface area contributed by atoms with Crippen LogP contribution in [0.15, 0.2) is 42.7 Å². The van der Waals surface area contributed by atoms with Crippen LogP contribution in [0, 0.1) is 0 Å². The number of benzene rings is 1. The third-order valence-electron chi connectivity index (χ3n) is 3.52. The predicted octanol–water partition coefficient (Wildman–Crippen LogP) is 1.81. The van der Waals surface area contributed by atoms with E-state index in [1.54, 1.807) is 12.4 Å². The Balaban J connectivity index is 1.72. The van der Waals surface area contributed by atoms with E-state index in [4.69, 9.17) is 0 Å². The summed E-state index contributed by atoms with van der Waals surface area (Å²) < 4.78 is 0. The summed E-state index contributed by atoms with van der Waals surface area (Å²) >= 11 is 0. The highest BCUT2D eigenvalue weighted by atomic mass is 16.1. The summed E-state index contributed by atoms with van der Waals surface area (Å²) in [6.45, 7) is 2.41. The van der Waals surface area contributed by atoms with Crippen molar-refractivity contribution < 1.29 is 4.79 Å². The molecule has 1 aromatic carbocycles. The maximum absolute atomic E-state index is 12.1. The molecule has 0 spiro atoms. The maximum atomic E-state index is 12.1. The molecule has 0 radical (unpaired) electrons.